The molecule has 0 saturated carbocycles. The van der Waals surface area contributed by atoms with Gasteiger partial charge in [0.25, 0.3) is 11.8 Å². The second-order valence-corrected chi connectivity index (χ2v) is 6.83. The monoisotopic (exact) mass is 370 g/mol. The molecule has 0 aliphatic heterocycles. The van der Waals surface area contributed by atoms with Crippen LogP contribution in [0.25, 0.3) is 0 Å². The molecule has 6 nitrogen and oxygen atoms in total. The predicted molar refractivity (Wildman–Crippen MR) is 106 cm³/mol. The van der Waals surface area contributed by atoms with Crippen molar-refractivity contribution in [2.75, 3.05) is 39.6 Å². The molecule has 144 valence electrons. The SMILES string of the molecule is COc1cccc(NC(=O)C[NH+](C)CC(=O)N(C)Cc2ccc(C)cc2)c1. The number of methoxy groups -OCH3 is 1. The Bertz CT molecular complexity index is 774. The molecule has 0 aliphatic carbocycles. The largest absolute Gasteiger partial charge is 0.497 e. The fourth-order valence-electron chi connectivity index (χ4n) is 2.69. The van der Waals surface area contributed by atoms with E-state index in [9.17, 15) is 9.59 Å². The minimum atomic E-state index is -0.144. The Kier molecular flexibility index (Phi) is 7.37. The number of likely N-dealkylation sites (N-methyl/N-ethyl adjacent to an activating group) is 2. The van der Waals surface area contributed by atoms with Crippen LogP contribution in [0.1, 0.15) is 11.1 Å². The lowest BCUT2D eigenvalue weighted by molar-refractivity contribution is -0.862. The van der Waals surface area contributed by atoms with E-state index in [1.54, 1.807) is 31.2 Å². The van der Waals surface area contributed by atoms with Crippen LogP contribution in [0.15, 0.2) is 48.5 Å². The summed E-state index contributed by atoms with van der Waals surface area (Å²) in [7, 11) is 5.20. The number of amides is 2. The van der Waals surface area contributed by atoms with Crippen molar-refractivity contribution in [3.05, 3.63) is 59.7 Å². The first-order chi connectivity index (χ1) is 12.9. The van der Waals surface area contributed by atoms with Gasteiger partial charge < -0.3 is 19.9 Å². The first-order valence-corrected chi connectivity index (χ1v) is 8.92. The molecule has 1 atom stereocenters. The van der Waals surface area contributed by atoms with E-state index in [0.717, 1.165) is 10.5 Å². The fraction of sp³-hybridized carbons (Fsp3) is 0.333. The molecule has 6 heteroatoms. The zero-order valence-electron chi connectivity index (χ0n) is 16.4. The zero-order chi connectivity index (χ0) is 19.8. The Hall–Kier alpha value is -2.86. The van der Waals surface area contributed by atoms with Crippen LogP contribution in [0.4, 0.5) is 5.69 Å². The summed E-state index contributed by atoms with van der Waals surface area (Å²) in [5.41, 5.74) is 2.96. The smallest absolute Gasteiger partial charge is 0.279 e. The van der Waals surface area contributed by atoms with E-state index in [2.05, 4.69) is 5.32 Å². The third kappa shape index (κ3) is 6.75. The first kappa shape index (κ1) is 20.5. The van der Waals surface area contributed by atoms with Gasteiger partial charge >= 0.3 is 0 Å². The summed E-state index contributed by atoms with van der Waals surface area (Å²) < 4.78 is 5.15. The number of hydrogen-bond acceptors (Lipinski definition) is 3. The molecule has 27 heavy (non-hydrogen) atoms. The number of nitrogens with one attached hydrogen (secondary N) is 2. The maximum atomic E-state index is 12.4. The van der Waals surface area contributed by atoms with Crippen molar-refractivity contribution >= 4 is 17.5 Å². The average molecular weight is 370 g/mol. The lowest BCUT2D eigenvalue weighted by Crippen LogP contribution is -3.11. The summed E-state index contributed by atoms with van der Waals surface area (Å²) in [5, 5.41) is 2.83. The van der Waals surface area contributed by atoms with Crippen molar-refractivity contribution in [1.82, 2.24) is 4.90 Å². The maximum absolute atomic E-state index is 12.4. The standard InChI is InChI=1S/C21H27N3O3/c1-16-8-10-17(11-9-16)13-24(3)21(26)15-23(2)14-20(25)22-18-6-5-7-19(12-18)27-4/h5-12H,13-15H2,1-4H3,(H,22,25)/p+1. The zero-order valence-corrected chi connectivity index (χ0v) is 16.4. The molecule has 2 N–H and O–H groups in total. The number of quaternary nitrogens is 1. The van der Waals surface area contributed by atoms with Crippen molar-refractivity contribution in [2.45, 2.75) is 13.5 Å². The lowest BCUT2D eigenvalue weighted by Gasteiger charge is -2.20. The molecule has 0 radical (unpaired) electrons. The van der Waals surface area contributed by atoms with Gasteiger partial charge in [0, 0.05) is 25.3 Å². The first-order valence-electron chi connectivity index (χ1n) is 8.92. The topological polar surface area (TPSA) is 63.1 Å². The third-order valence-corrected chi connectivity index (χ3v) is 4.23. The highest BCUT2D eigenvalue weighted by Gasteiger charge is 2.17. The minimum Gasteiger partial charge on any atom is -0.497 e. The van der Waals surface area contributed by atoms with Crippen molar-refractivity contribution in [3.8, 4) is 5.75 Å². The summed E-state index contributed by atoms with van der Waals surface area (Å²) in [5.74, 6) is 0.540. The molecule has 0 saturated heterocycles. The molecule has 0 bridgehead atoms. The number of hydrogen-bond donors (Lipinski definition) is 2. The predicted octanol–water partition coefficient (Wildman–Crippen LogP) is 1.12. The van der Waals surface area contributed by atoms with Gasteiger partial charge in [-0.15, -0.1) is 0 Å². The van der Waals surface area contributed by atoms with Crippen LogP contribution in [0, 0.1) is 6.92 Å². The Morgan fingerprint density at radius 2 is 1.81 bits per heavy atom. The summed E-state index contributed by atoms with van der Waals surface area (Å²) in [6.07, 6.45) is 0. The Balaban J connectivity index is 1.80. The van der Waals surface area contributed by atoms with E-state index in [-0.39, 0.29) is 24.9 Å². The molecule has 1 unspecified atom stereocenters. The summed E-state index contributed by atoms with van der Waals surface area (Å²) >= 11 is 0. The van der Waals surface area contributed by atoms with Crippen molar-refractivity contribution in [1.29, 1.82) is 0 Å². The van der Waals surface area contributed by atoms with Crippen LogP contribution in [-0.2, 0) is 16.1 Å². The van der Waals surface area contributed by atoms with Crippen LogP contribution < -0.4 is 15.0 Å². The van der Waals surface area contributed by atoms with E-state index in [1.807, 2.05) is 50.4 Å². The van der Waals surface area contributed by atoms with Gasteiger partial charge in [0.1, 0.15) is 5.75 Å². The number of benzene rings is 2. The number of nitrogens with zero attached hydrogens (tertiary/aromatic N) is 1. The molecule has 0 aliphatic rings. The average Bonchev–Trinajstić information content (AvgIpc) is 2.63. The van der Waals surface area contributed by atoms with E-state index >= 15 is 0 Å². The van der Waals surface area contributed by atoms with Crippen molar-refractivity contribution < 1.29 is 19.2 Å². The van der Waals surface area contributed by atoms with Gasteiger partial charge in [-0.2, -0.15) is 0 Å². The van der Waals surface area contributed by atoms with E-state index in [4.69, 9.17) is 4.74 Å². The fourth-order valence-corrected chi connectivity index (χ4v) is 2.69. The van der Waals surface area contributed by atoms with Crippen LogP contribution in [0.5, 0.6) is 5.75 Å². The molecular weight excluding hydrogens is 342 g/mol. The van der Waals surface area contributed by atoms with E-state index in [0.29, 0.717) is 18.0 Å². The number of ether oxygens (including phenoxy) is 1. The third-order valence-electron chi connectivity index (χ3n) is 4.23. The highest BCUT2D eigenvalue weighted by atomic mass is 16.5. The maximum Gasteiger partial charge on any atom is 0.279 e. The molecule has 2 aromatic carbocycles. The Labute approximate surface area is 160 Å². The second-order valence-electron chi connectivity index (χ2n) is 6.83. The number of carbonyl (C=O) groups excluding carboxylic acids is 2. The molecule has 0 spiro atoms. The van der Waals surface area contributed by atoms with E-state index < -0.39 is 0 Å². The molecule has 0 aromatic heterocycles. The quantitative estimate of drug-likeness (QED) is 0.732. The Morgan fingerprint density at radius 1 is 1.11 bits per heavy atom. The van der Waals surface area contributed by atoms with Crippen LogP contribution in [0.2, 0.25) is 0 Å². The highest BCUT2D eigenvalue weighted by molar-refractivity contribution is 5.91. The number of aryl methyl sites for hydroxylation is 1. The molecular formula is C21H28N3O3+. The van der Waals surface area contributed by atoms with Crippen LogP contribution in [-0.4, -0.2) is 51.0 Å². The van der Waals surface area contributed by atoms with Gasteiger partial charge in [-0.25, -0.2) is 0 Å². The highest BCUT2D eigenvalue weighted by Crippen LogP contribution is 2.16. The molecule has 0 heterocycles. The summed E-state index contributed by atoms with van der Waals surface area (Å²) in [6.45, 7) is 3.06. The van der Waals surface area contributed by atoms with Crippen molar-refractivity contribution in [3.63, 3.8) is 0 Å². The molecule has 2 rings (SSSR count). The van der Waals surface area contributed by atoms with Crippen LogP contribution in [0.3, 0.4) is 0 Å². The normalized spacial score (nSPS) is 11.6. The lowest BCUT2D eigenvalue weighted by atomic mass is 10.1. The van der Waals surface area contributed by atoms with Gasteiger partial charge in [-0.3, -0.25) is 9.59 Å². The van der Waals surface area contributed by atoms with Gasteiger partial charge in [-0.05, 0) is 24.6 Å². The van der Waals surface area contributed by atoms with Gasteiger partial charge in [0.15, 0.2) is 13.1 Å². The van der Waals surface area contributed by atoms with Gasteiger partial charge in [-0.1, -0.05) is 35.9 Å². The molecule has 0 fully saturated rings. The molecule has 2 aromatic rings. The summed E-state index contributed by atoms with van der Waals surface area (Å²) in [6, 6.07) is 15.3. The molecule has 2 amide bonds. The Morgan fingerprint density at radius 3 is 2.48 bits per heavy atom. The summed E-state index contributed by atoms with van der Waals surface area (Å²) in [4.78, 5) is 27.1. The van der Waals surface area contributed by atoms with E-state index in [1.165, 1.54) is 5.56 Å². The van der Waals surface area contributed by atoms with Crippen LogP contribution >= 0.6 is 0 Å². The number of carbonyl (C=O) groups is 2. The van der Waals surface area contributed by atoms with Gasteiger partial charge in [0.2, 0.25) is 0 Å². The second kappa shape index (κ2) is 9.73. The number of rotatable bonds is 8. The van der Waals surface area contributed by atoms with Crippen molar-refractivity contribution in [2.24, 2.45) is 0 Å². The van der Waals surface area contributed by atoms with Gasteiger partial charge in [0.05, 0.1) is 14.2 Å². The number of anilines is 1. The minimum absolute atomic E-state index is 0.00209.